The first-order valence-electron chi connectivity index (χ1n) is 7.80. The molecule has 2 saturated heterocycles. The van der Waals surface area contributed by atoms with Crippen molar-refractivity contribution in [3.8, 4) is 0 Å². The molecule has 4 atom stereocenters. The van der Waals surface area contributed by atoms with Gasteiger partial charge >= 0.3 is 0 Å². The van der Waals surface area contributed by atoms with Crippen molar-refractivity contribution >= 4 is 11.8 Å². The Labute approximate surface area is 120 Å². The Balaban J connectivity index is 1.86. The summed E-state index contributed by atoms with van der Waals surface area (Å²) in [6, 6.07) is -0.473. The van der Waals surface area contributed by atoms with Gasteiger partial charge in [0.15, 0.2) is 0 Å². The second-order valence-electron chi connectivity index (χ2n) is 6.24. The highest BCUT2D eigenvalue weighted by Crippen LogP contribution is 2.33. The molecule has 3 fully saturated rings. The number of hydrogen-bond donors (Lipinski definition) is 0. The first kappa shape index (κ1) is 13.9. The number of nitrogens with zero attached hydrogens (tertiary/aromatic N) is 2. The van der Waals surface area contributed by atoms with Gasteiger partial charge in [-0.3, -0.25) is 9.59 Å². The molecule has 0 aromatic carbocycles. The van der Waals surface area contributed by atoms with E-state index in [1.54, 1.807) is 7.11 Å². The Morgan fingerprint density at radius 1 is 1.05 bits per heavy atom. The van der Waals surface area contributed by atoms with Crippen LogP contribution in [0.1, 0.15) is 45.4 Å². The van der Waals surface area contributed by atoms with E-state index >= 15 is 0 Å². The number of amides is 2. The monoisotopic (exact) mass is 280 g/mol. The van der Waals surface area contributed by atoms with Crippen LogP contribution in [0.5, 0.6) is 0 Å². The van der Waals surface area contributed by atoms with E-state index in [1.165, 1.54) is 0 Å². The summed E-state index contributed by atoms with van der Waals surface area (Å²) in [5, 5.41) is 0. The molecular formula is C15H24N2O3. The van der Waals surface area contributed by atoms with E-state index < -0.39 is 0 Å². The van der Waals surface area contributed by atoms with Crippen LogP contribution in [-0.4, -0.2) is 59.5 Å². The van der Waals surface area contributed by atoms with Gasteiger partial charge in [-0.2, -0.15) is 0 Å². The number of carbonyl (C=O) groups is 2. The number of carbonyl (C=O) groups excluding carboxylic acids is 2. The minimum Gasteiger partial charge on any atom is -0.379 e. The van der Waals surface area contributed by atoms with Crippen LogP contribution >= 0.6 is 0 Å². The lowest BCUT2D eigenvalue weighted by Gasteiger charge is -2.48. The van der Waals surface area contributed by atoms with Gasteiger partial charge in [-0.1, -0.05) is 0 Å². The van der Waals surface area contributed by atoms with Crippen molar-refractivity contribution in [1.29, 1.82) is 0 Å². The first-order valence-corrected chi connectivity index (χ1v) is 7.80. The van der Waals surface area contributed by atoms with Crippen LogP contribution in [0.3, 0.4) is 0 Å². The Hall–Kier alpha value is -1.10. The molecule has 0 N–H and O–H groups in total. The van der Waals surface area contributed by atoms with E-state index in [0.717, 1.165) is 45.1 Å². The number of piperazine rings is 1. The van der Waals surface area contributed by atoms with E-state index in [2.05, 4.69) is 0 Å². The maximum atomic E-state index is 12.8. The maximum Gasteiger partial charge on any atom is 0.246 e. The molecule has 2 amide bonds. The third kappa shape index (κ3) is 2.03. The van der Waals surface area contributed by atoms with E-state index in [4.69, 9.17) is 4.74 Å². The predicted octanol–water partition coefficient (Wildman–Crippen LogP) is 1.17. The molecular weight excluding hydrogens is 256 g/mol. The van der Waals surface area contributed by atoms with Gasteiger partial charge in [-0.05, 0) is 45.4 Å². The molecule has 0 spiro atoms. The molecule has 0 bridgehead atoms. The van der Waals surface area contributed by atoms with E-state index in [-0.39, 0.29) is 36.0 Å². The predicted molar refractivity (Wildman–Crippen MR) is 74.1 cm³/mol. The number of methoxy groups -OCH3 is 1. The van der Waals surface area contributed by atoms with Crippen molar-refractivity contribution in [1.82, 2.24) is 9.80 Å². The molecule has 0 aromatic heterocycles. The average Bonchev–Trinajstić information content (AvgIpc) is 2.93. The first-order chi connectivity index (χ1) is 9.65. The molecule has 3 aliphatic rings. The van der Waals surface area contributed by atoms with Crippen LogP contribution in [0.15, 0.2) is 0 Å². The van der Waals surface area contributed by atoms with Crippen LogP contribution in [0.4, 0.5) is 0 Å². The van der Waals surface area contributed by atoms with Crippen LogP contribution in [0.25, 0.3) is 0 Å². The molecule has 20 heavy (non-hydrogen) atoms. The van der Waals surface area contributed by atoms with Crippen molar-refractivity contribution in [2.75, 3.05) is 13.7 Å². The largest absolute Gasteiger partial charge is 0.379 e. The Morgan fingerprint density at radius 3 is 2.60 bits per heavy atom. The normalized spacial score (nSPS) is 38.3. The quantitative estimate of drug-likeness (QED) is 0.763. The molecule has 5 nitrogen and oxygen atoms in total. The van der Waals surface area contributed by atoms with E-state index in [0.29, 0.717) is 0 Å². The highest BCUT2D eigenvalue weighted by molar-refractivity contribution is 5.97. The van der Waals surface area contributed by atoms with Crippen molar-refractivity contribution in [2.45, 2.75) is 69.7 Å². The summed E-state index contributed by atoms with van der Waals surface area (Å²) in [5.41, 5.74) is 0. The fourth-order valence-corrected chi connectivity index (χ4v) is 4.12. The summed E-state index contributed by atoms with van der Waals surface area (Å²) in [7, 11) is 1.71. The van der Waals surface area contributed by atoms with Gasteiger partial charge < -0.3 is 14.5 Å². The number of rotatable bonds is 2. The Morgan fingerprint density at radius 2 is 1.85 bits per heavy atom. The lowest BCUT2D eigenvalue weighted by molar-refractivity contribution is -0.168. The summed E-state index contributed by atoms with van der Waals surface area (Å²) in [5.74, 6) is 0.266. The second-order valence-corrected chi connectivity index (χ2v) is 6.24. The minimum absolute atomic E-state index is 0.0792. The van der Waals surface area contributed by atoms with Crippen LogP contribution in [0, 0.1) is 0 Å². The number of ether oxygens (including phenoxy) is 1. The van der Waals surface area contributed by atoms with E-state index in [9.17, 15) is 9.59 Å². The number of piperidine rings is 1. The van der Waals surface area contributed by atoms with Crippen molar-refractivity contribution < 1.29 is 14.3 Å². The smallest absolute Gasteiger partial charge is 0.246 e. The van der Waals surface area contributed by atoms with Crippen molar-refractivity contribution in [3.63, 3.8) is 0 Å². The molecule has 3 rings (SSSR count). The average molecular weight is 280 g/mol. The zero-order chi connectivity index (χ0) is 14.3. The Bertz CT molecular complexity index is 412. The summed E-state index contributed by atoms with van der Waals surface area (Å²) in [4.78, 5) is 29.1. The van der Waals surface area contributed by atoms with Crippen molar-refractivity contribution in [2.24, 2.45) is 0 Å². The molecule has 0 aromatic rings. The van der Waals surface area contributed by atoms with Gasteiger partial charge in [0.1, 0.15) is 12.1 Å². The van der Waals surface area contributed by atoms with Gasteiger partial charge in [0.2, 0.25) is 11.8 Å². The maximum absolute atomic E-state index is 12.8. The van der Waals surface area contributed by atoms with Gasteiger partial charge in [0, 0.05) is 13.7 Å². The standard InChI is InChI=1S/C15H24N2O3/c1-10-14(18)16-9-4-3-6-12(16)15(19)17(10)11-7-5-8-13(11)20-2/h10-13H,3-9H2,1-2H3. The molecule has 2 aliphatic heterocycles. The molecule has 5 heteroatoms. The summed E-state index contributed by atoms with van der Waals surface area (Å²) in [6.07, 6.45) is 5.98. The minimum atomic E-state index is -0.336. The number of hydrogen-bond acceptors (Lipinski definition) is 3. The zero-order valence-electron chi connectivity index (χ0n) is 12.4. The fraction of sp³-hybridized carbons (Fsp3) is 0.867. The molecule has 1 aliphatic carbocycles. The highest BCUT2D eigenvalue weighted by Gasteiger charge is 2.49. The van der Waals surface area contributed by atoms with Gasteiger partial charge in [0.25, 0.3) is 0 Å². The molecule has 2 heterocycles. The molecule has 0 radical (unpaired) electrons. The SMILES string of the molecule is COC1CCCC1N1C(=O)C2CCCCN2C(=O)C1C. The van der Waals surface area contributed by atoms with Crippen LogP contribution in [0.2, 0.25) is 0 Å². The third-order valence-electron chi connectivity index (χ3n) is 5.18. The van der Waals surface area contributed by atoms with E-state index in [1.807, 2.05) is 16.7 Å². The lowest BCUT2D eigenvalue weighted by Crippen LogP contribution is -2.67. The molecule has 4 unspecified atom stereocenters. The summed E-state index contributed by atoms with van der Waals surface area (Å²) >= 11 is 0. The highest BCUT2D eigenvalue weighted by atomic mass is 16.5. The topological polar surface area (TPSA) is 49.9 Å². The number of fused-ring (bicyclic) bond motifs is 1. The fourth-order valence-electron chi connectivity index (χ4n) is 4.12. The Kier molecular flexibility index (Phi) is 3.71. The molecule has 112 valence electrons. The second kappa shape index (κ2) is 5.35. The molecule has 1 saturated carbocycles. The van der Waals surface area contributed by atoms with Gasteiger partial charge in [0.05, 0.1) is 12.1 Å². The lowest BCUT2D eigenvalue weighted by atomic mass is 9.94. The third-order valence-corrected chi connectivity index (χ3v) is 5.18. The van der Waals surface area contributed by atoms with Crippen LogP contribution < -0.4 is 0 Å². The van der Waals surface area contributed by atoms with Gasteiger partial charge in [-0.15, -0.1) is 0 Å². The zero-order valence-corrected chi connectivity index (χ0v) is 12.4. The summed E-state index contributed by atoms with van der Waals surface area (Å²) in [6.45, 7) is 2.61. The van der Waals surface area contributed by atoms with Gasteiger partial charge in [-0.25, -0.2) is 0 Å². The van der Waals surface area contributed by atoms with Crippen LogP contribution in [-0.2, 0) is 14.3 Å². The summed E-state index contributed by atoms with van der Waals surface area (Å²) < 4.78 is 5.53. The van der Waals surface area contributed by atoms with Crippen molar-refractivity contribution in [3.05, 3.63) is 0 Å².